The maximum atomic E-state index is 6.69. The van der Waals surface area contributed by atoms with Gasteiger partial charge < -0.3 is 4.74 Å². The first-order valence-electron chi connectivity index (χ1n) is 11.2. The lowest BCUT2D eigenvalue weighted by molar-refractivity contribution is 0.0846. The van der Waals surface area contributed by atoms with Gasteiger partial charge in [0, 0.05) is 5.92 Å². The van der Waals surface area contributed by atoms with Crippen molar-refractivity contribution in [3.05, 3.63) is 63.7 Å². The summed E-state index contributed by atoms with van der Waals surface area (Å²) in [6.45, 7) is 19.9. The second-order valence-electron chi connectivity index (χ2n) is 8.66. The molecule has 2 aromatic rings. The van der Waals surface area contributed by atoms with E-state index >= 15 is 0 Å². The maximum Gasteiger partial charge on any atom is 0.127 e. The summed E-state index contributed by atoms with van der Waals surface area (Å²) in [6.07, 6.45) is 2.34. The zero-order valence-electron chi connectivity index (χ0n) is 19.5. The molecule has 0 aliphatic carbocycles. The van der Waals surface area contributed by atoms with E-state index < -0.39 is 0 Å². The Morgan fingerprint density at radius 1 is 0.964 bits per heavy atom. The Morgan fingerprint density at radius 2 is 1.64 bits per heavy atom. The molecule has 0 bridgehead atoms. The Kier molecular flexibility index (Phi) is 7.75. The van der Waals surface area contributed by atoms with Crippen LogP contribution in [0.4, 0.5) is 0 Å². The van der Waals surface area contributed by atoms with Crippen molar-refractivity contribution in [3.8, 4) is 5.75 Å². The van der Waals surface area contributed by atoms with Gasteiger partial charge in [0.15, 0.2) is 0 Å². The van der Waals surface area contributed by atoms with E-state index in [0.29, 0.717) is 17.8 Å². The first kappa shape index (κ1) is 22.5. The summed E-state index contributed by atoms with van der Waals surface area (Å²) in [4.78, 5) is 0. The fraction of sp³-hybridized carbons (Fsp3) is 0.556. The van der Waals surface area contributed by atoms with Gasteiger partial charge in [-0.25, -0.2) is 0 Å². The van der Waals surface area contributed by atoms with E-state index in [9.17, 15) is 0 Å². The lowest BCUT2D eigenvalue weighted by Crippen LogP contribution is -2.30. The topological polar surface area (TPSA) is 9.23 Å². The van der Waals surface area contributed by atoms with Crippen molar-refractivity contribution in [2.75, 3.05) is 0 Å². The SMILES string of the molecule is CC.CCc1ccc([C@H]2Oc3cc(C(C)C)cc(C)c3CC2C(C)C)cc1C. The highest BCUT2D eigenvalue weighted by Gasteiger charge is 2.34. The highest BCUT2D eigenvalue weighted by Crippen LogP contribution is 2.44. The summed E-state index contributed by atoms with van der Waals surface area (Å²) in [7, 11) is 0. The molecule has 1 heteroatoms. The van der Waals surface area contributed by atoms with Crippen molar-refractivity contribution in [2.24, 2.45) is 11.8 Å². The minimum absolute atomic E-state index is 0.147. The fourth-order valence-electron chi connectivity index (χ4n) is 4.27. The van der Waals surface area contributed by atoms with Crippen LogP contribution in [0, 0.1) is 25.7 Å². The molecule has 0 N–H and O–H groups in total. The molecule has 0 saturated carbocycles. The van der Waals surface area contributed by atoms with Gasteiger partial charge in [-0.05, 0) is 78.0 Å². The van der Waals surface area contributed by atoms with Crippen LogP contribution in [-0.4, -0.2) is 0 Å². The van der Waals surface area contributed by atoms with Crippen LogP contribution >= 0.6 is 0 Å². The molecule has 1 nitrogen and oxygen atoms in total. The lowest BCUT2D eigenvalue weighted by Gasteiger charge is -2.37. The molecular formula is C27H40O. The third kappa shape index (κ3) is 4.62. The van der Waals surface area contributed by atoms with E-state index in [2.05, 4.69) is 78.8 Å². The van der Waals surface area contributed by atoms with Crippen LogP contribution in [0.1, 0.15) is 93.9 Å². The summed E-state index contributed by atoms with van der Waals surface area (Å²) in [5, 5.41) is 0. The molecule has 3 rings (SSSR count). The Hall–Kier alpha value is -1.76. The van der Waals surface area contributed by atoms with Gasteiger partial charge in [-0.15, -0.1) is 0 Å². The number of hydrogen-bond acceptors (Lipinski definition) is 1. The van der Waals surface area contributed by atoms with E-state index in [1.807, 2.05) is 13.8 Å². The third-order valence-electron chi connectivity index (χ3n) is 6.14. The molecular weight excluding hydrogens is 340 g/mol. The zero-order chi connectivity index (χ0) is 21.0. The standard InChI is InChI=1S/C25H34O.C2H6/c1-8-19-9-10-20(11-17(19)6)25-22(16(4)5)14-23-18(7)12-21(15(2)3)13-24(23)26-25;1-2/h9-13,15-16,22,25H,8,14H2,1-7H3;1-2H3/t22?,25-;/m1./s1. The molecule has 0 radical (unpaired) electrons. The predicted octanol–water partition coefficient (Wildman–Crippen LogP) is 7.96. The highest BCUT2D eigenvalue weighted by molar-refractivity contribution is 5.47. The predicted molar refractivity (Wildman–Crippen MR) is 123 cm³/mol. The number of aryl methyl sites for hydroxylation is 3. The number of fused-ring (bicyclic) bond motifs is 1. The first-order valence-corrected chi connectivity index (χ1v) is 11.2. The Labute approximate surface area is 173 Å². The average molecular weight is 381 g/mol. The van der Waals surface area contributed by atoms with Crippen LogP contribution in [0.15, 0.2) is 30.3 Å². The van der Waals surface area contributed by atoms with Crippen molar-refractivity contribution in [2.45, 2.75) is 87.2 Å². The summed E-state index contributed by atoms with van der Waals surface area (Å²) >= 11 is 0. The molecule has 0 fully saturated rings. The van der Waals surface area contributed by atoms with Gasteiger partial charge in [0.25, 0.3) is 0 Å². The first-order chi connectivity index (χ1) is 13.3. The maximum absolute atomic E-state index is 6.69. The average Bonchev–Trinajstić information content (AvgIpc) is 2.68. The second kappa shape index (κ2) is 9.63. The normalized spacial score (nSPS) is 18.4. The van der Waals surface area contributed by atoms with Crippen molar-refractivity contribution < 1.29 is 4.74 Å². The van der Waals surface area contributed by atoms with E-state index in [4.69, 9.17) is 4.74 Å². The van der Waals surface area contributed by atoms with Crippen LogP contribution in [0.3, 0.4) is 0 Å². The Morgan fingerprint density at radius 3 is 2.18 bits per heavy atom. The molecule has 0 spiro atoms. The van der Waals surface area contributed by atoms with Crippen molar-refractivity contribution in [1.29, 1.82) is 0 Å². The van der Waals surface area contributed by atoms with E-state index in [0.717, 1.165) is 18.6 Å². The van der Waals surface area contributed by atoms with E-state index in [-0.39, 0.29) is 6.10 Å². The monoisotopic (exact) mass is 380 g/mol. The smallest absolute Gasteiger partial charge is 0.127 e. The van der Waals surface area contributed by atoms with Crippen molar-refractivity contribution >= 4 is 0 Å². The van der Waals surface area contributed by atoms with Gasteiger partial charge >= 0.3 is 0 Å². The zero-order valence-corrected chi connectivity index (χ0v) is 19.5. The van der Waals surface area contributed by atoms with Crippen LogP contribution in [0.5, 0.6) is 5.75 Å². The summed E-state index contributed by atoms with van der Waals surface area (Å²) < 4.78 is 6.69. The molecule has 0 aromatic heterocycles. The third-order valence-corrected chi connectivity index (χ3v) is 6.14. The Balaban J connectivity index is 0.00000136. The number of rotatable bonds is 4. The molecule has 28 heavy (non-hydrogen) atoms. The minimum Gasteiger partial charge on any atom is -0.485 e. The Bertz CT molecular complexity index is 785. The molecule has 1 heterocycles. The molecule has 1 aliphatic heterocycles. The molecule has 0 amide bonds. The minimum atomic E-state index is 0.147. The molecule has 2 atom stereocenters. The summed E-state index contributed by atoms with van der Waals surface area (Å²) in [5.74, 6) is 2.73. The van der Waals surface area contributed by atoms with Crippen LogP contribution in [0.25, 0.3) is 0 Å². The largest absolute Gasteiger partial charge is 0.485 e. The summed E-state index contributed by atoms with van der Waals surface area (Å²) in [6, 6.07) is 11.6. The van der Waals surface area contributed by atoms with Gasteiger partial charge in [0.1, 0.15) is 11.9 Å². The molecule has 154 valence electrons. The highest BCUT2D eigenvalue weighted by atomic mass is 16.5. The van der Waals surface area contributed by atoms with Gasteiger partial charge in [0.2, 0.25) is 0 Å². The quantitative estimate of drug-likeness (QED) is 0.522. The van der Waals surface area contributed by atoms with Crippen LogP contribution < -0.4 is 4.74 Å². The second-order valence-corrected chi connectivity index (χ2v) is 8.66. The molecule has 1 aliphatic rings. The van der Waals surface area contributed by atoms with Crippen LogP contribution in [-0.2, 0) is 12.8 Å². The van der Waals surface area contributed by atoms with Crippen molar-refractivity contribution in [3.63, 3.8) is 0 Å². The summed E-state index contributed by atoms with van der Waals surface area (Å²) in [5.41, 5.74) is 8.31. The van der Waals surface area contributed by atoms with Gasteiger partial charge in [-0.3, -0.25) is 0 Å². The van der Waals surface area contributed by atoms with Crippen molar-refractivity contribution in [1.82, 2.24) is 0 Å². The number of hydrogen-bond donors (Lipinski definition) is 0. The number of benzene rings is 2. The molecule has 0 saturated heterocycles. The molecule has 1 unspecified atom stereocenters. The van der Waals surface area contributed by atoms with Gasteiger partial charge in [-0.2, -0.15) is 0 Å². The fourth-order valence-corrected chi connectivity index (χ4v) is 4.27. The van der Waals surface area contributed by atoms with Gasteiger partial charge in [0.05, 0.1) is 0 Å². The molecule has 2 aromatic carbocycles. The van der Waals surface area contributed by atoms with E-state index in [1.54, 1.807) is 0 Å². The van der Waals surface area contributed by atoms with E-state index in [1.165, 1.54) is 33.4 Å². The van der Waals surface area contributed by atoms with Crippen LogP contribution in [0.2, 0.25) is 0 Å². The van der Waals surface area contributed by atoms with Gasteiger partial charge in [-0.1, -0.05) is 72.7 Å². The lowest BCUT2D eigenvalue weighted by atomic mass is 9.78. The number of ether oxygens (including phenoxy) is 1.